The number of carbonyl (C=O) groups excluding carboxylic acids is 1. The van der Waals surface area contributed by atoms with Gasteiger partial charge in [-0.05, 0) is 48.0 Å². The summed E-state index contributed by atoms with van der Waals surface area (Å²) < 4.78 is 5.08. The molecule has 0 saturated heterocycles. The minimum absolute atomic E-state index is 0.0869. The van der Waals surface area contributed by atoms with E-state index >= 15 is 0 Å². The fraction of sp³-hybridized carbons (Fsp3) is 0.188. The smallest absolute Gasteiger partial charge is 0.253 e. The predicted molar refractivity (Wildman–Crippen MR) is 84.7 cm³/mol. The molecule has 5 heteroatoms. The van der Waals surface area contributed by atoms with Crippen LogP contribution in [0.25, 0.3) is 0 Å². The average molecular weight is 305 g/mol. The monoisotopic (exact) mass is 304 g/mol. The number of methoxy groups -OCH3 is 1. The lowest BCUT2D eigenvalue weighted by Gasteiger charge is -2.18. The zero-order chi connectivity index (χ0) is 15.4. The second kappa shape index (κ2) is 6.50. The van der Waals surface area contributed by atoms with Gasteiger partial charge in [-0.25, -0.2) is 0 Å². The van der Waals surface area contributed by atoms with Gasteiger partial charge in [0.05, 0.1) is 7.11 Å². The molecule has 110 valence electrons. The molecule has 0 radical (unpaired) electrons. The normalized spacial score (nSPS) is 10.2. The molecule has 0 fully saturated rings. The lowest BCUT2D eigenvalue weighted by Crippen LogP contribution is -2.26. The van der Waals surface area contributed by atoms with Crippen LogP contribution >= 0.6 is 11.6 Å². The minimum atomic E-state index is -0.0869. The van der Waals surface area contributed by atoms with Gasteiger partial charge in [-0.3, -0.25) is 4.79 Å². The molecule has 2 N–H and O–H groups in total. The van der Waals surface area contributed by atoms with E-state index in [1.54, 1.807) is 61.5 Å². The highest BCUT2D eigenvalue weighted by Crippen LogP contribution is 2.21. The van der Waals surface area contributed by atoms with Gasteiger partial charge < -0.3 is 15.4 Å². The van der Waals surface area contributed by atoms with E-state index in [1.165, 1.54) is 0 Å². The Balaban J connectivity index is 2.13. The first-order valence-electron chi connectivity index (χ1n) is 6.44. The summed E-state index contributed by atoms with van der Waals surface area (Å²) in [6.07, 6.45) is 0. The number of nitrogens with two attached hydrogens (primary N) is 1. The van der Waals surface area contributed by atoms with Crippen LogP contribution in [0.4, 0.5) is 5.69 Å². The number of amides is 1. The molecule has 0 aliphatic rings. The molecule has 0 aromatic heterocycles. The van der Waals surface area contributed by atoms with Crippen LogP contribution in [0.15, 0.2) is 42.5 Å². The van der Waals surface area contributed by atoms with Gasteiger partial charge in [0.1, 0.15) is 5.75 Å². The molecule has 0 atom stereocenters. The van der Waals surface area contributed by atoms with Crippen molar-refractivity contribution in [3.63, 3.8) is 0 Å². The van der Waals surface area contributed by atoms with Crippen LogP contribution in [-0.2, 0) is 6.54 Å². The average Bonchev–Trinajstić information content (AvgIpc) is 2.50. The predicted octanol–water partition coefficient (Wildman–Crippen LogP) is 3.20. The van der Waals surface area contributed by atoms with Crippen molar-refractivity contribution in [1.29, 1.82) is 0 Å². The summed E-state index contributed by atoms with van der Waals surface area (Å²) in [4.78, 5) is 14.0. The summed E-state index contributed by atoms with van der Waals surface area (Å²) in [7, 11) is 3.32. The number of hydrogen-bond acceptors (Lipinski definition) is 3. The van der Waals surface area contributed by atoms with Gasteiger partial charge in [0.15, 0.2) is 0 Å². The van der Waals surface area contributed by atoms with Crippen LogP contribution < -0.4 is 10.5 Å². The zero-order valence-electron chi connectivity index (χ0n) is 12.0. The molecule has 1 amide bonds. The van der Waals surface area contributed by atoms with E-state index in [-0.39, 0.29) is 5.91 Å². The summed E-state index contributed by atoms with van der Waals surface area (Å²) in [6, 6.07) is 12.2. The van der Waals surface area contributed by atoms with E-state index in [4.69, 9.17) is 22.1 Å². The molecule has 0 aliphatic heterocycles. The van der Waals surface area contributed by atoms with Crippen LogP contribution in [0.3, 0.4) is 0 Å². The standard InChI is InChI=1S/C16H17ClN2O2/c1-19(10-12-9-13(18)5-8-15(12)17)16(20)11-3-6-14(21-2)7-4-11/h3-9H,10,18H2,1-2H3. The van der Waals surface area contributed by atoms with Gasteiger partial charge in [-0.2, -0.15) is 0 Å². The maximum atomic E-state index is 12.4. The van der Waals surface area contributed by atoms with Crippen molar-refractivity contribution in [2.24, 2.45) is 0 Å². The van der Waals surface area contributed by atoms with Gasteiger partial charge in [-0.15, -0.1) is 0 Å². The molecule has 2 rings (SSSR count). The molecule has 0 spiro atoms. The van der Waals surface area contributed by atoms with Crippen LogP contribution in [0.5, 0.6) is 5.75 Å². The molecule has 0 bridgehead atoms. The van der Waals surface area contributed by atoms with Gasteiger partial charge in [-0.1, -0.05) is 11.6 Å². The van der Waals surface area contributed by atoms with E-state index in [0.29, 0.717) is 28.6 Å². The summed E-state index contributed by atoms with van der Waals surface area (Å²) in [5.41, 5.74) is 7.79. The Morgan fingerprint density at radius 1 is 1.24 bits per heavy atom. The van der Waals surface area contributed by atoms with Crippen LogP contribution in [0, 0.1) is 0 Å². The Bertz CT molecular complexity index is 641. The lowest BCUT2D eigenvalue weighted by molar-refractivity contribution is 0.0785. The van der Waals surface area contributed by atoms with Crippen molar-refractivity contribution in [3.05, 3.63) is 58.6 Å². The molecule has 0 heterocycles. The minimum Gasteiger partial charge on any atom is -0.497 e. The summed E-state index contributed by atoms with van der Waals surface area (Å²) in [5.74, 6) is 0.629. The van der Waals surface area contributed by atoms with Crippen molar-refractivity contribution in [3.8, 4) is 5.75 Å². The fourth-order valence-corrected chi connectivity index (χ4v) is 2.17. The van der Waals surface area contributed by atoms with E-state index in [0.717, 1.165) is 5.56 Å². The van der Waals surface area contributed by atoms with Gasteiger partial charge in [0.25, 0.3) is 5.91 Å². The van der Waals surface area contributed by atoms with Crippen molar-refractivity contribution >= 4 is 23.2 Å². The van der Waals surface area contributed by atoms with Gasteiger partial charge in [0, 0.05) is 29.9 Å². The molecule has 0 saturated carbocycles. The third-order valence-corrected chi connectivity index (χ3v) is 3.53. The number of rotatable bonds is 4. The van der Waals surface area contributed by atoms with Crippen LogP contribution in [0.2, 0.25) is 5.02 Å². The molecular formula is C16H17ClN2O2. The number of nitrogens with zero attached hydrogens (tertiary/aromatic N) is 1. The fourth-order valence-electron chi connectivity index (χ4n) is 2.00. The number of benzene rings is 2. The number of carbonyl (C=O) groups is 1. The van der Waals surface area contributed by atoms with Crippen molar-refractivity contribution in [2.45, 2.75) is 6.54 Å². The second-order valence-electron chi connectivity index (χ2n) is 4.74. The maximum Gasteiger partial charge on any atom is 0.253 e. The highest BCUT2D eigenvalue weighted by Gasteiger charge is 2.13. The van der Waals surface area contributed by atoms with Crippen molar-refractivity contribution in [1.82, 2.24) is 4.90 Å². The number of hydrogen-bond donors (Lipinski definition) is 1. The van der Waals surface area contributed by atoms with Crippen LogP contribution in [0.1, 0.15) is 15.9 Å². The first kappa shape index (κ1) is 15.2. The molecular weight excluding hydrogens is 288 g/mol. The van der Waals surface area contributed by atoms with E-state index in [9.17, 15) is 4.79 Å². The Labute approximate surface area is 129 Å². The largest absolute Gasteiger partial charge is 0.497 e. The quantitative estimate of drug-likeness (QED) is 0.883. The number of anilines is 1. The Hall–Kier alpha value is -2.20. The maximum absolute atomic E-state index is 12.4. The third-order valence-electron chi connectivity index (χ3n) is 3.16. The van der Waals surface area contributed by atoms with Crippen molar-refractivity contribution in [2.75, 3.05) is 19.9 Å². The highest BCUT2D eigenvalue weighted by atomic mass is 35.5. The Morgan fingerprint density at radius 2 is 1.90 bits per heavy atom. The first-order chi connectivity index (χ1) is 10.0. The molecule has 21 heavy (non-hydrogen) atoms. The van der Waals surface area contributed by atoms with Gasteiger partial charge in [0.2, 0.25) is 0 Å². The molecule has 0 unspecified atom stereocenters. The number of nitrogen functional groups attached to an aromatic ring is 1. The topological polar surface area (TPSA) is 55.6 Å². The molecule has 4 nitrogen and oxygen atoms in total. The van der Waals surface area contributed by atoms with E-state index < -0.39 is 0 Å². The second-order valence-corrected chi connectivity index (χ2v) is 5.15. The van der Waals surface area contributed by atoms with E-state index in [2.05, 4.69) is 0 Å². The summed E-state index contributed by atoms with van der Waals surface area (Å²) >= 11 is 6.12. The lowest BCUT2D eigenvalue weighted by atomic mass is 10.1. The molecule has 0 aliphatic carbocycles. The Kier molecular flexibility index (Phi) is 4.70. The summed E-state index contributed by atoms with van der Waals surface area (Å²) in [6.45, 7) is 0.398. The molecule has 2 aromatic carbocycles. The van der Waals surface area contributed by atoms with Crippen molar-refractivity contribution < 1.29 is 9.53 Å². The van der Waals surface area contributed by atoms with Gasteiger partial charge >= 0.3 is 0 Å². The van der Waals surface area contributed by atoms with E-state index in [1.807, 2.05) is 0 Å². The third kappa shape index (κ3) is 3.67. The summed E-state index contributed by atoms with van der Waals surface area (Å²) in [5, 5.41) is 0.596. The highest BCUT2D eigenvalue weighted by molar-refractivity contribution is 6.31. The first-order valence-corrected chi connectivity index (χ1v) is 6.82. The van der Waals surface area contributed by atoms with Crippen LogP contribution in [-0.4, -0.2) is 25.0 Å². The number of halogens is 1. The SMILES string of the molecule is COc1ccc(C(=O)N(C)Cc2cc(N)ccc2Cl)cc1. The zero-order valence-corrected chi connectivity index (χ0v) is 12.7. The molecule has 2 aromatic rings. The number of ether oxygens (including phenoxy) is 1. The Morgan fingerprint density at radius 3 is 2.52 bits per heavy atom.